The third-order valence-electron chi connectivity index (χ3n) is 0.316. The number of hydrogen-bond donors (Lipinski definition) is 2. The van der Waals surface area contributed by atoms with Gasteiger partial charge in [0, 0.05) is 7.11 Å². The summed E-state index contributed by atoms with van der Waals surface area (Å²) < 4.78 is 4.30. The van der Waals surface area contributed by atoms with Crippen LogP contribution >= 0.6 is 0 Å². The van der Waals surface area contributed by atoms with Crippen LogP contribution < -0.4 is 0 Å². The van der Waals surface area contributed by atoms with Gasteiger partial charge in [-0.25, -0.2) is 0 Å². The first-order valence-electron chi connectivity index (χ1n) is 1.62. The van der Waals surface area contributed by atoms with Crippen LogP contribution in [0.5, 0.6) is 0 Å². The van der Waals surface area contributed by atoms with E-state index in [-0.39, 0.29) is 6.61 Å². The molecule has 38 valence electrons. The van der Waals surface area contributed by atoms with Crippen LogP contribution in [0.2, 0.25) is 0 Å². The van der Waals surface area contributed by atoms with E-state index in [1.165, 1.54) is 7.11 Å². The molecule has 0 spiro atoms. The summed E-state index contributed by atoms with van der Waals surface area (Å²) in [6.45, 7) is -0.0139. The molecular formula is C3H8O3. The van der Waals surface area contributed by atoms with Crippen molar-refractivity contribution in [3.05, 3.63) is 0 Å². The summed E-state index contributed by atoms with van der Waals surface area (Å²) in [5.41, 5.74) is 0. The van der Waals surface area contributed by atoms with E-state index in [0.717, 1.165) is 0 Å². The van der Waals surface area contributed by atoms with Gasteiger partial charge < -0.3 is 14.9 Å². The third kappa shape index (κ3) is 3.88. The quantitative estimate of drug-likeness (QED) is 0.427. The molecule has 0 amide bonds. The summed E-state index contributed by atoms with van der Waals surface area (Å²) in [6.07, 6.45) is -1.32. The molecule has 0 aliphatic heterocycles. The first-order valence-corrected chi connectivity index (χ1v) is 1.62. The molecule has 0 rings (SSSR count). The van der Waals surface area contributed by atoms with E-state index in [1.807, 2.05) is 0 Å². The van der Waals surface area contributed by atoms with Crippen LogP contribution in [0, 0.1) is 0 Å². The van der Waals surface area contributed by atoms with Gasteiger partial charge in [0.1, 0.15) is 0 Å². The van der Waals surface area contributed by atoms with Crippen LogP contribution in [0.1, 0.15) is 0 Å². The molecule has 0 fully saturated rings. The van der Waals surface area contributed by atoms with Gasteiger partial charge in [-0.15, -0.1) is 0 Å². The second-order valence-electron chi connectivity index (χ2n) is 0.936. The second kappa shape index (κ2) is 3.08. The molecule has 0 aliphatic rings. The Morgan fingerprint density at radius 3 is 2.17 bits per heavy atom. The number of aliphatic hydroxyl groups is 2. The monoisotopic (exact) mass is 92.0 g/mol. The Morgan fingerprint density at radius 1 is 1.67 bits per heavy atom. The molecule has 0 aromatic carbocycles. The maximum atomic E-state index is 7.98. The zero-order valence-electron chi connectivity index (χ0n) is 3.59. The topological polar surface area (TPSA) is 49.7 Å². The Balaban J connectivity index is 2.63. The van der Waals surface area contributed by atoms with Crippen molar-refractivity contribution in [1.29, 1.82) is 0 Å². The highest BCUT2D eigenvalue weighted by Crippen LogP contribution is 1.71. The molecule has 3 nitrogen and oxygen atoms in total. The van der Waals surface area contributed by atoms with E-state index >= 15 is 0 Å². The van der Waals surface area contributed by atoms with Crippen LogP contribution in [-0.4, -0.2) is 30.2 Å². The van der Waals surface area contributed by atoms with E-state index < -0.39 is 6.29 Å². The van der Waals surface area contributed by atoms with Gasteiger partial charge in [0.05, 0.1) is 6.61 Å². The minimum absolute atomic E-state index is 0.0139. The average molecular weight is 92.1 g/mol. The fourth-order valence-corrected chi connectivity index (χ4v) is 0.149. The van der Waals surface area contributed by atoms with Crippen LogP contribution in [-0.2, 0) is 4.74 Å². The average Bonchev–Trinajstić information content (AvgIpc) is 1.35. The van der Waals surface area contributed by atoms with Crippen molar-refractivity contribution in [3.63, 3.8) is 0 Å². The lowest BCUT2D eigenvalue weighted by molar-refractivity contribution is -0.0849. The number of aliphatic hydroxyl groups excluding tert-OH is 1. The van der Waals surface area contributed by atoms with Crippen LogP contribution in [0.15, 0.2) is 0 Å². The molecule has 0 radical (unpaired) electrons. The first kappa shape index (κ1) is 5.88. The van der Waals surface area contributed by atoms with Gasteiger partial charge in [0.15, 0.2) is 6.29 Å². The fraction of sp³-hybridized carbons (Fsp3) is 1.00. The molecule has 0 aromatic rings. The standard InChI is InChI=1S/C3H8O3/c1-6-2-3(4)5/h3-5H,2H2,1H3. The van der Waals surface area contributed by atoms with Crippen LogP contribution in [0.25, 0.3) is 0 Å². The van der Waals surface area contributed by atoms with Crippen molar-refractivity contribution in [1.82, 2.24) is 0 Å². The Kier molecular flexibility index (Phi) is 3.02. The molecule has 3 heteroatoms. The van der Waals surface area contributed by atoms with Gasteiger partial charge in [-0.05, 0) is 0 Å². The molecule has 6 heavy (non-hydrogen) atoms. The summed E-state index contributed by atoms with van der Waals surface area (Å²) in [6, 6.07) is 0. The Morgan fingerprint density at radius 2 is 2.17 bits per heavy atom. The van der Waals surface area contributed by atoms with Gasteiger partial charge >= 0.3 is 0 Å². The van der Waals surface area contributed by atoms with Gasteiger partial charge in [-0.2, -0.15) is 0 Å². The largest absolute Gasteiger partial charge is 0.379 e. The molecule has 0 heterocycles. The van der Waals surface area contributed by atoms with Crippen molar-refractivity contribution in [2.24, 2.45) is 0 Å². The maximum Gasteiger partial charge on any atom is 0.175 e. The Bertz CT molecular complexity index is 27.2. The highest BCUT2D eigenvalue weighted by molar-refractivity contribution is 4.24. The van der Waals surface area contributed by atoms with Crippen molar-refractivity contribution in [2.45, 2.75) is 6.29 Å². The molecule has 0 bridgehead atoms. The van der Waals surface area contributed by atoms with Crippen molar-refractivity contribution in [3.8, 4) is 0 Å². The van der Waals surface area contributed by atoms with Gasteiger partial charge in [-0.3, -0.25) is 0 Å². The normalized spacial score (nSPS) is 10.0. The number of rotatable bonds is 2. The smallest absolute Gasteiger partial charge is 0.175 e. The van der Waals surface area contributed by atoms with Crippen LogP contribution in [0.4, 0.5) is 0 Å². The summed E-state index contributed by atoms with van der Waals surface area (Å²) in [4.78, 5) is 0. The third-order valence-corrected chi connectivity index (χ3v) is 0.316. The lowest BCUT2D eigenvalue weighted by Gasteiger charge is -1.96. The van der Waals surface area contributed by atoms with Gasteiger partial charge in [0.25, 0.3) is 0 Å². The highest BCUT2D eigenvalue weighted by atomic mass is 16.5. The van der Waals surface area contributed by atoms with E-state index in [9.17, 15) is 0 Å². The van der Waals surface area contributed by atoms with E-state index in [4.69, 9.17) is 10.2 Å². The molecule has 2 N–H and O–H groups in total. The Labute approximate surface area is 36.2 Å². The minimum atomic E-state index is -1.32. The van der Waals surface area contributed by atoms with E-state index in [2.05, 4.69) is 4.74 Å². The molecule has 0 saturated heterocycles. The number of ether oxygens (including phenoxy) is 1. The summed E-state index contributed by atoms with van der Waals surface area (Å²) in [5.74, 6) is 0. The zero-order valence-corrected chi connectivity index (χ0v) is 3.59. The predicted octanol–water partition coefficient (Wildman–Crippen LogP) is -1.06. The lowest BCUT2D eigenvalue weighted by atomic mass is 10.7. The Hall–Kier alpha value is -0.120. The fourth-order valence-electron chi connectivity index (χ4n) is 0.149. The SMILES string of the molecule is COCC(O)O. The van der Waals surface area contributed by atoms with E-state index in [1.54, 1.807) is 0 Å². The highest BCUT2D eigenvalue weighted by Gasteiger charge is 1.89. The minimum Gasteiger partial charge on any atom is -0.379 e. The summed E-state index contributed by atoms with van der Waals surface area (Å²) in [5, 5.41) is 16.0. The first-order chi connectivity index (χ1) is 2.77. The van der Waals surface area contributed by atoms with E-state index in [0.29, 0.717) is 0 Å². The molecule has 0 atom stereocenters. The van der Waals surface area contributed by atoms with Crippen molar-refractivity contribution in [2.75, 3.05) is 13.7 Å². The summed E-state index contributed by atoms with van der Waals surface area (Å²) >= 11 is 0. The molecule has 0 aromatic heterocycles. The zero-order chi connectivity index (χ0) is 4.99. The second-order valence-corrected chi connectivity index (χ2v) is 0.936. The molecule has 0 unspecified atom stereocenters. The number of hydrogen-bond acceptors (Lipinski definition) is 3. The summed E-state index contributed by atoms with van der Waals surface area (Å²) in [7, 11) is 1.40. The van der Waals surface area contributed by atoms with Crippen molar-refractivity contribution >= 4 is 0 Å². The van der Waals surface area contributed by atoms with Crippen molar-refractivity contribution < 1.29 is 14.9 Å². The lowest BCUT2D eigenvalue weighted by Crippen LogP contribution is -2.11. The molecule has 0 saturated carbocycles. The molecule has 0 aliphatic carbocycles. The van der Waals surface area contributed by atoms with Crippen LogP contribution in [0.3, 0.4) is 0 Å². The molecular weight excluding hydrogens is 84.0 g/mol. The predicted molar refractivity (Wildman–Crippen MR) is 20.1 cm³/mol. The van der Waals surface area contributed by atoms with Gasteiger partial charge in [-0.1, -0.05) is 0 Å². The number of methoxy groups -OCH3 is 1. The maximum absolute atomic E-state index is 7.98. The van der Waals surface area contributed by atoms with Gasteiger partial charge in [0.2, 0.25) is 0 Å².